The van der Waals surface area contributed by atoms with Crippen LogP contribution >= 0.6 is 0 Å². The number of pyridine rings is 1. The molecule has 2 aliphatic heterocycles. The lowest BCUT2D eigenvalue weighted by Crippen LogP contribution is -2.69. The SMILES string of the molecule is O=C(Oc1ccc2c(Oc3ccc(CC(=O)C4(C(=O)Cc5ccccc5)CC4)cc3)ccnc2c1)N1C2CNCC1C2. The summed E-state index contributed by atoms with van der Waals surface area (Å²) in [5.74, 6) is 1.69. The van der Waals surface area contributed by atoms with Gasteiger partial charge in [-0.3, -0.25) is 19.5 Å². The van der Waals surface area contributed by atoms with E-state index in [9.17, 15) is 14.4 Å². The van der Waals surface area contributed by atoms with Crippen molar-refractivity contribution in [1.82, 2.24) is 15.2 Å². The predicted molar refractivity (Wildman–Crippen MR) is 157 cm³/mol. The first kappa shape index (κ1) is 26.3. The van der Waals surface area contributed by atoms with Crippen molar-refractivity contribution in [2.45, 2.75) is 44.2 Å². The van der Waals surface area contributed by atoms with E-state index in [4.69, 9.17) is 9.47 Å². The van der Waals surface area contributed by atoms with Crippen molar-refractivity contribution in [3.8, 4) is 17.2 Å². The van der Waals surface area contributed by atoms with E-state index in [2.05, 4.69) is 10.3 Å². The molecule has 2 saturated heterocycles. The van der Waals surface area contributed by atoms with Gasteiger partial charge in [0.2, 0.25) is 0 Å². The van der Waals surface area contributed by atoms with Gasteiger partial charge >= 0.3 is 6.09 Å². The highest BCUT2D eigenvalue weighted by atomic mass is 16.6. The Labute approximate surface area is 243 Å². The molecule has 0 spiro atoms. The third kappa shape index (κ3) is 5.03. The second-order valence-electron chi connectivity index (χ2n) is 11.5. The maximum Gasteiger partial charge on any atom is 0.415 e. The maximum absolute atomic E-state index is 13.2. The van der Waals surface area contributed by atoms with Crippen LogP contribution in [-0.4, -0.2) is 52.7 Å². The molecule has 212 valence electrons. The Morgan fingerprint density at radius 3 is 2.17 bits per heavy atom. The summed E-state index contributed by atoms with van der Waals surface area (Å²) < 4.78 is 11.8. The first-order chi connectivity index (χ1) is 20.5. The van der Waals surface area contributed by atoms with Crippen LogP contribution in [0.5, 0.6) is 17.2 Å². The lowest BCUT2D eigenvalue weighted by molar-refractivity contribution is -0.133. The number of aromatic nitrogens is 1. The summed E-state index contributed by atoms with van der Waals surface area (Å²) in [4.78, 5) is 45.1. The van der Waals surface area contributed by atoms with Crippen LogP contribution in [0.15, 0.2) is 85.1 Å². The first-order valence-electron chi connectivity index (χ1n) is 14.5. The lowest BCUT2D eigenvalue weighted by atomic mass is 9.88. The summed E-state index contributed by atoms with van der Waals surface area (Å²) in [6, 6.07) is 24.5. The minimum atomic E-state index is -0.834. The molecular weight excluding hydrogens is 530 g/mol. The third-order valence-electron chi connectivity index (χ3n) is 8.72. The number of fused-ring (bicyclic) bond motifs is 3. The highest BCUT2D eigenvalue weighted by Gasteiger charge is 2.54. The second-order valence-corrected chi connectivity index (χ2v) is 11.5. The highest BCUT2D eigenvalue weighted by molar-refractivity contribution is 6.11. The van der Waals surface area contributed by atoms with Gasteiger partial charge in [0.05, 0.1) is 10.9 Å². The molecular formula is C34H31N3O5. The number of hydrogen-bond donors (Lipinski definition) is 1. The number of piperidine rings is 1. The zero-order chi connectivity index (χ0) is 28.7. The van der Waals surface area contributed by atoms with E-state index in [1.54, 1.807) is 24.4 Å². The Morgan fingerprint density at radius 2 is 1.50 bits per heavy atom. The molecule has 1 N–H and O–H groups in total. The van der Waals surface area contributed by atoms with Gasteiger partial charge in [-0.2, -0.15) is 0 Å². The number of hydrogen-bond acceptors (Lipinski definition) is 7. The standard InChI is InChI=1S/C34H31N3O5/c38-31(16-22-4-2-1-3-5-22)34(13-14-34)32(39)17-23-6-8-26(9-7-23)41-30-12-15-36-29-19-27(10-11-28(29)30)42-33(40)37-24-18-25(37)21-35-20-24/h1-12,15,19,24-25,35H,13-14,16-18,20-21H2. The van der Waals surface area contributed by atoms with Gasteiger partial charge in [-0.25, -0.2) is 4.79 Å². The van der Waals surface area contributed by atoms with Gasteiger partial charge in [0, 0.05) is 55.7 Å². The summed E-state index contributed by atoms with van der Waals surface area (Å²) in [6.07, 6.45) is 4.13. The van der Waals surface area contributed by atoms with Crippen molar-refractivity contribution in [2.75, 3.05) is 13.1 Å². The van der Waals surface area contributed by atoms with E-state index in [0.717, 1.165) is 36.0 Å². The number of Topliss-reactive ketones (excluding diaryl/α,β-unsaturated/α-hetero) is 2. The number of piperazine rings is 1. The molecule has 3 heterocycles. The predicted octanol–water partition coefficient (Wildman–Crippen LogP) is 5.28. The fourth-order valence-electron chi connectivity index (χ4n) is 6.13. The van der Waals surface area contributed by atoms with Crippen molar-refractivity contribution >= 4 is 28.6 Å². The van der Waals surface area contributed by atoms with Crippen molar-refractivity contribution in [3.05, 3.63) is 96.2 Å². The molecule has 8 heteroatoms. The van der Waals surface area contributed by atoms with Gasteiger partial charge in [0.1, 0.15) is 17.2 Å². The van der Waals surface area contributed by atoms with E-state index in [1.165, 1.54) is 0 Å². The maximum atomic E-state index is 13.2. The van der Waals surface area contributed by atoms with E-state index in [0.29, 0.717) is 42.0 Å². The molecule has 8 nitrogen and oxygen atoms in total. The number of rotatable bonds is 9. The lowest BCUT2D eigenvalue weighted by Gasteiger charge is -2.51. The Morgan fingerprint density at radius 1 is 0.833 bits per heavy atom. The number of nitrogens with zero attached hydrogens (tertiary/aromatic N) is 2. The van der Waals surface area contributed by atoms with Crippen molar-refractivity contribution in [2.24, 2.45) is 5.41 Å². The van der Waals surface area contributed by atoms with Gasteiger partial charge in [-0.1, -0.05) is 42.5 Å². The number of carbonyl (C=O) groups is 3. The summed E-state index contributed by atoms with van der Waals surface area (Å²) >= 11 is 0. The number of ketones is 2. The molecule has 0 radical (unpaired) electrons. The van der Waals surface area contributed by atoms with Crippen LogP contribution in [0.25, 0.3) is 10.9 Å². The molecule has 1 aliphatic carbocycles. The van der Waals surface area contributed by atoms with Crippen molar-refractivity contribution < 1.29 is 23.9 Å². The Balaban J connectivity index is 0.990. The molecule has 3 aromatic carbocycles. The molecule has 4 aromatic rings. The second kappa shape index (κ2) is 10.7. The van der Waals surface area contributed by atoms with Gasteiger partial charge in [-0.15, -0.1) is 0 Å². The van der Waals surface area contributed by atoms with Crippen LogP contribution in [0.3, 0.4) is 0 Å². The summed E-state index contributed by atoms with van der Waals surface area (Å²) in [5, 5.41) is 4.10. The molecule has 7 rings (SSSR count). The zero-order valence-corrected chi connectivity index (χ0v) is 23.1. The summed E-state index contributed by atoms with van der Waals surface area (Å²) in [6.45, 7) is 1.61. The van der Waals surface area contributed by atoms with E-state index in [-0.39, 0.29) is 36.2 Å². The van der Waals surface area contributed by atoms with Gasteiger partial charge in [0.25, 0.3) is 0 Å². The molecule has 1 aromatic heterocycles. The van der Waals surface area contributed by atoms with Gasteiger partial charge in [-0.05, 0) is 60.7 Å². The average molecular weight is 562 g/mol. The molecule has 3 fully saturated rings. The normalized spacial score (nSPS) is 20.0. The Bertz CT molecular complexity index is 1650. The fraction of sp³-hybridized carbons (Fsp3) is 0.294. The van der Waals surface area contributed by atoms with Gasteiger partial charge < -0.3 is 14.8 Å². The molecule has 2 unspecified atom stereocenters. The summed E-state index contributed by atoms with van der Waals surface area (Å²) in [5.41, 5.74) is 1.61. The van der Waals surface area contributed by atoms with E-state index in [1.807, 2.05) is 65.6 Å². The smallest absolute Gasteiger partial charge is 0.415 e. The Hall–Kier alpha value is -4.56. The minimum absolute atomic E-state index is 0.0114. The van der Waals surface area contributed by atoms with Crippen molar-refractivity contribution in [3.63, 3.8) is 0 Å². The number of nitrogens with one attached hydrogen (secondary N) is 1. The van der Waals surface area contributed by atoms with Crippen LogP contribution in [0, 0.1) is 5.41 Å². The van der Waals surface area contributed by atoms with Crippen molar-refractivity contribution in [1.29, 1.82) is 0 Å². The van der Waals surface area contributed by atoms with Crippen LogP contribution in [0.2, 0.25) is 0 Å². The molecule has 2 bridgehead atoms. The van der Waals surface area contributed by atoms with Crippen LogP contribution in [0.4, 0.5) is 4.79 Å². The van der Waals surface area contributed by atoms with Crippen LogP contribution < -0.4 is 14.8 Å². The monoisotopic (exact) mass is 561 g/mol. The minimum Gasteiger partial charge on any atom is -0.457 e. The topological polar surface area (TPSA) is 97.8 Å². The van der Waals surface area contributed by atoms with Crippen LogP contribution in [0.1, 0.15) is 30.4 Å². The number of benzene rings is 3. The highest BCUT2D eigenvalue weighted by Crippen LogP contribution is 2.49. The largest absolute Gasteiger partial charge is 0.457 e. The van der Waals surface area contributed by atoms with Crippen LogP contribution in [-0.2, 0) is 22.4 Å². The molecule has 1 amide bonds. The molecule has 42 heavy (non-hydrogen) atoms. The first-order valence-corrected chi connectivity index (χ1v) is 14.5. The molecule has 3 aliphatic rings. The molecule has 2 atom stereocenters. The van der Waals surface area contributed by atoms with E-state index < -0.39 is 5.41 Å². The zero-order valence-electron chi connectivity index (χ0n) is 23.1. The molecule has 1 saturated carbocycles. The fourth-order valence-corrected chi connectivity index (χ4v) is 6.13. The number of ether oxygens (including phenoxy) is 2. The third-order valence-corrected chi connectivity index (χ3v) is 8.72. The average Bonchev–Trinajstić information content (AvgIpc) is 3.82. The number of amides is 1. The Kier molecular flexibility index (Phi) is 6.70. The quantitative estimate of drug-likeness (QED) is 0.278. The summed E-state index contributed by atoms with van der Waals surface area (Å²) in [7, 11) is 0. The van der Waals surface area contributed by atoms with Gasteiger partial charge in [0.15, 0.2) is 11.6 Å². The van der Waals surface area contributed by atoms with E-state index >= 15 is 0 Å². The number of carbonyl (C=O) groups excluding carboxylic acids is 3.